The van der Waals surface area contributed by atoms with Crippen LogP contribution in [-0.4, -0.2) is 9.78 Å². The molecule has 0 radical (unpaired) electrons. The molecule has 1 aromatic heterocycles. The largest absolute Gasteiger partial charge is 0.307 e. The monoisotopic (exact) mass is 339 g/mol. The summed E-state index contributed by atoms with van der Waals surface area (Å²) in [7, 11) is 0. The van der Waals surface area contributed by atoms with Gasteiger partial charge in [-0.2, -0.15) is 5.10 Å². The number of nitrogens with one attached hydrogen (secondary N) is 1. The number of aromatic nitrogens is 2. The average molecular weight is 340 g/mol. The maximum Gasteiger partial charge on any atom is 0.127 e. The van der Waals surface area contributed by atoms with Gasteiger partial charge in [0.2, 0.25) is 0 Å². The summed E-state index contributed by atoms with van der Waals surface area (Å²) in [5, 5.41) is 7.72. The minimum atomic E-state index is -0.189. The zero-order valence-electron chi connectivity index (χ0n) is 11.7. The highest BCUT2D eigenvalue weighted by Gasteiger charge is 2.06. The molecule has 0 aliphatic carbocycles. The molecule has 2 rings (SSSR count). The lowest BCUT2D eigenvalue weighted by atomic mass is 10.2. The normalized spacial score (nSPS) is 12.6. The molecule has 0 aliphatic heterocycles. The van der Waals surface area contributed by atoms with Crippen LogP contribution in [0.1, 0.15) is 37.6 Å². The summed E-state index contributed by atoms with van der Waals surface area (Å²) in [6.07, 6.45) is 3.04. The van der Waals surface area contributed by atoms with Gasteiger partial charge in [0.05, 0.1) is 5.69 Å². The van der Waals surface area contributed by atoms with Crippen LogP contribution in [0.25, 0.3) is 0 Å². The molecule has 0 bridgehead atoms. The van der Waals surface area contributed by atoms with Gasteiger partial charge in [-0.25, -0.2) is 4.39 Å². The minimum absolute atomic E-state index is 0.189. The molecule has 20 heavy (non-hydrogen) atoms. The SMILES string of the molecule is CCC(C)n1ccc(CNCc2cc(Br)ccc2F)n1. The highest BCUT2D eigenvalue weighted by Crippen LogP contribution is 2.15. The Morgan fingerprint density at radius 1 is 1.35 bits per heavy atom. The quantitative estimate of drug-likeness (QED) is 0.860. The van der Waals surface area contributed by atoms with E-state index in [1.807, 2.05) is 16.9 Å². The van der Waals surface area contributed by atoms with E-state index < -0.39 is 0 Å². The van der Waals surface area contributed by atoms with E-state index in [2.05, 4.69) is 40.2 Å². The molecule has 1 N–H and O–H groups in total. The Labute approximate surface area is 127 Å². The Morgan fingerprint density at radius 2 is 2.15 bits per heavy atom. The Hall–Kier alpha value is -1.20. The van der Waals surface area contributed by atoms with Crippen molar-refractivity contribution < 1.29 is 4.39 Å². The smallest absolute Gasteiger partial charge is 0.127 e. The molecule has 0 aliphatic rings. The van der Waals surface area contributed by atoms with Gasteiger partial charge in [0.15, 0.2) is 0 Å². The molecular formula is C15H19BrFN3. The third-order valence-corrected chi connectivity index (χ3v) is 3.83. The van der Waals surface area contributed by atoms with E-state index in [9.17, 15) is 4.39 Å². The molecule has 3 nitrogen and oxygen atoms in total. The van der Waals surface area contributed by atoms with Crippen molar-refractivity contribution in [1.82, 2.24) is 15.1 Å². The molecule has 1 atom stereocenters. The van der Waals surface area contributed by atoms with Crippen LogP contribution in [0, 0.1) is 5.82 Å². The summed E-state index contributed by atoms with van der Waals surface area (Å²) in [6, 6.07) is 7.37. The zero-order valence-corrected chi connectivity index (χ0v) is 13.3. The van der Waals surface area contributed by atoms with Crippen molar-refractivity contribution in [3.8, 4) is 0 Å². The predicted molar refractivity (Wildman–Crippen MR) is 81.9 cm³/mol. The fourth-order valence-electron chi connectivity index (χ4n) is 1.91. The van der Waals surface area contributed by atoms with Gasteiger partial charge >= 0.3 is 0 Å². The van der Waals surface area contributed by atoms with Crippen LogP contribution in [0.3, 0.4) is 0 Å². The summed E-state index contributed by atoms with van der Waals surface area (Å²) < 4.78 is 16.4. The fourth-order valence-corrected chi connectivity index (χ4v) is 2.32. The van der Waals surface area contributed by atoms with Crippen LogP contribution in [0.2, 0.25) is 0 Å². The number of hydrogen-bond acceptors (Lipinski definition) is 2. The van der Waals surface area contributed by atoms with Crippen molar-refractivity contribution in [3.05, 3.63) is 52.0 Å². The first-order chi connectivity index (χ1) is 9.60. The standard InChI is InChI=1S/C15H19BrFN3/c1-3-11(2)20-7-6-14(19-20)10-18-9-12-8-13(16)4-5-15(12)17/h4-8,11,18H,3,9-10H2,1-2H3. The van der Waals surface area contributed by atoms with Gasteiger partial charge < -0.3 is 5.32 Å². The minimum Gasteiger partial charge on any atom is -0.307 e. The highest BCUT2D eigenvalue weighted by molar-refractivity contribution is 9.10. The molecule has 108 valence electrons. The number of halogens is 2. The van der Waals surface area contributed by atoms with Gasteiger partial charge in [0.25, 0.3) is 0 Å². The number of hydrogen-bond donors (Lipinski definition) is 1. The maximum absolute atomic E-state index is 13.6. The molecule has 1 aromatic carbocycles. The van der Waals surface area contributed by atoms with Gasteiger partial charge in [-0.3, -0.25) is 4.68 Å². The van der Waals surface area contributed by atoms with Crippen molar-refractivity contribution in [1.29, 1.82) is 0 Å². The van der Waals surface area contributed by atoms with Crippen molar-refractivity contribution in [2.75, 3.05) is 0 Å². The van der Waals surface area contributed by atoms with E-state index >= 15 is 0 Å². The second-order valence-electron chi connectivity index (χ2n) is 4.88. The summed E-state index contributed by atoms with van der Waals surface area (Å²) in [4.78, 5) is 0. The first-order valence-electron chi connectivity index (χ1n) is 6.78. The molecular weight excluding hydrogens is 321 g/mol. The molecule has 5 heteroatoms. The maximum atomic E-state index is 13.6. The average Bonchev–Trinajstić information content (AvgIpc) is 2.90. The third-order valence-electron chi connectivity index (χ3n) is 3.34. The molecule has 1 heterocycles. The summed E-state index contributed by atoms with van der Waals surface area (Å²) in [6.45, 7) is 5.40. The van der Waals surface area contributed by atoms with Crippen molar-refractivity contribution in [3.63, 3.8) is 0 Å². The van der Waals surface area contributed by atoms with E-state index in [0.29, 0.717) is 24.7 Å². The van der Waals surface area contributed by atoms with Crippen LogP contribution in [0.5, 0.6) is 0 Å². The van der Waals surface area contributed by atoms with E-state index in [1.165, 1.54) is 6.07 Å². The second-order valence-corrected chi connectivity index (χ2v) is 5.80. The summed E-state index contributed by atoms with van der Waals surface area (Å²) >= 11 is 3.35. The van der Waals surface area contributed by atoms with Crippen molar-refractivity contribution >= 4 is 15.9 Å². The van der Waals surface area contributed by atoms with Gasteiger partial charge in [-0.1, -0.05) is 22.9 Å². The van der Waals surface area contributed by atoms with Crippen LogP contribution < -0.4 is 5.32 Å². The van der Waals surface area contributed by atoms with Crippen LogP contribution >= 0.6 is 15.9 Å². The summed E-state index contributed by atoms with van der Waals surface area (Å²) in [5.74, 6) is -0.189. The Kier molecular flexibility index (Phi) is 5.31. The molecule has 1 unspecified atom stereocenters. The highest BCUT2D eigenvalue weighted by atomic mass is 79.9. The lowest BCUT2D eigenvalue weighted by molar-refractivity contribution is 0.471. The molecule has 0 spiro atoms. The molecule has 0 saturated heterocycles. The van der Waals surface area contributed by atoms with Crippen molar-refractivity contribution in [2.24, 2.45) is 0 Å². The zero-order chi connectivity index (χ0) is 14.5. The second kappa shape index (κ2) is 6.99. The Morgan fingerprint density at radius 3 is 2.90 bits per heavy atom. The first kappa shape index (κ1) is 15.2. The van der Waals surface area contributed by atoms with E-state index in [-0.39, 0.29) is 5.82 Å². The summed E-state index contributed by atoms with van der Waals surface area (Å²) in [5.41, 5.74) is 1.63. The fraction of sp³-hybridized carbons (Fsp3) is 0.400. The van der Waals surface area contributed by atoms with E-state index in [0.717, 1.165) is 16.6 Å². The van der Waals surface area contributed by atoms with Crippen LogP contribution in [-0.2, 0) is 13.1 Å². The van der Waals surface area contributed by atoms with Crippen LogP contribution in [0.4, 0.5) is 4.39 Å². The van der Waals surface area contributed by atoms with Gasteiger partial charge in [0.1, 0.15) is 5.82 Å². The van der Waals surface area contributed by atoms with Crippen molar-refractivity contribution in [2.45, 2.75) is 39.4 Å². The molecule has 0 amide bonds. The Bertz CT molecular complexity index is 568. The van der Waals surface area contributed by atoms with Gasteiger partial charge in [-0.05, 0) is 37.6 Å². The van der Waals surface area contributed by atoms with Gasteiger partial charge in [-0.15, -0.1) is 0 Å². The van der Waals surface area contributed by atoms with E-state index in [1.54, 1.807) is 12.1 Å². The first-order valence-corrected chi connectivity index (χ1v) is 7.58. The predicted octanol–water partition coefficient (Wildman–Crippen LogP) is 4.05. The van der Waals surface area contributed by atoms with Gasteiger partial charge in [0, 0.05) is 35.4 Å². The lowest BCUT2D eigenvalue weighted by Gasteiger charge is -2.08. The third kappa shape index (κ3) is 3.90. The van der Waals surface area contributed by atoms with E-state index in [4.69, 9.17) is 0 Å². The van der Waals surface area contributed by atoms with Crippen LogP contribution in [0.15, 0.2) is 34.9 Å². The molecule has 2 aromatic rings. The number of rotatable bonds is 6. The topological polar surface area (TPSA) is 29.9 Å². The molecule has 0 saturated carbocycles. The lowest BCUT2D eigenvalue weighted by Crippen LogP contribution is -2.15. The number of benzene rings is 1. The molecule has 0 fully saturated rings. The Balaban J connectivity index is 1.89. The number of nitrogens with zero attached hydrogens (tertiary/aromatic N) is 2.